The van der Waals surface area contributed by atoms with Crippen LogP contribution in [0.3, 0.4) is 0 Å². The van der Waals surface area contributed by atoms with Crippen molar-refractivity contribution < 1.29 is 23.9 Å². The number of carbonyl (C=O) groups excluding carboxylic acids is 3. The number of hydrogen-bond acceptors (Lipinski definition) is 5. The van der Waals surface area contributed by atoms with Crippen LogP contribution in [0.25, 0.3) is 0 Å². The molecule has 3 aliphatic heterocycles. The van der Waals surface area contributed by atoms with E-state index in [1.54, 1.807) is 6.92 Å². The summed E-state index contributed by atoms with van der Waals surface area (Å²) in [4.78, 5) is 40.6. The molecule has 6 atom stereocenters. The highest BCUT2D eigenvalue weighted by atomic mass is 19.1. The molecular formula is C19H22FN3O4. The summed E-state index contributed by atoms with van der Waals surface area (Å²) >= 11 is 0. The number of imide groups is 1. The highest BCUT2D eigenvalue weighted by Gasteiger charge is 2.71. The zero-order valence-corrected chi connectivity index (χ0v) is 15.3. The molecule has 7 nitrogen and oxygen atoms in total. The Kier molecular flexibility index (Phi) is 3.91. The SMILES string of the molecule is CCC(C)N1C(=O)[C@@H]2C(C(C)O)NC3(C(=O)Nc4ccc(F)cc43)[C@@H]2C1=O. The molecule has 0 saturated carbocycles. The first-order chi connectivity index (χ1) is 12.7. The molecule has 0 bridgehead atoms. The van der Waals surface area contributed by atoms with Crippen LogP contribution >= 0.6 is 0 Å². The van der Waals surface area contributed by atoms with Gasteiger partial charge in [-0.25, -0.2) is 4.39 Å². The van der Waals surface area contributed by atoms with Crippen molar-refractivity contribution in [1.29, 1.82) is 0 Å². The molecule has 0 aromatic heterocycles. The quantitative estimate of drug-likeness (QED) is 0.677. The molecular weight excluding hydrogens is 353 g/mol. The number of likely N-dealkylation sites (tertiary alicyclic amines) is 1. The molecule has 0 radical (unpaired) electrons. The molecule has 8 heteroatoms. The molecule has 3 aliphatic rings. The average Bonchev–Trinajstić information content (AvgIpc) is 3.20. The third-order valence-electron chi connectivity index (χ3n) is 6.20. The topological polar surface area (TPSA) is 98.7 Å². The van der Waals surface area contributed by atoms with E-state index in [0.717, 1.165) is 0 Å². The van der Waals surface area contributed by atoms with E-state index in [2.05, 4.69) is 10.6 Å². The van der Waals surface area contributed by atoms with Gasteiger partial charge in [0.2, 0.25) is 17.7 Å². The number of nitrogens with one attached hydrogen (secondary N) is 2. The molecule has 27 heavy (non-hydrogen) atoms. The maximum absolute atomic E-state index is 14.0. The van der Waals surface area contributed by atoms with Crippen LogP contribution in [0.4, 0.5) is 10.1 Å². The van der Waals surface area contributed by atoms with Crippen LogP contribution in [-0.4, -0.2) is 45.9 Å². The van der Waals surface area contributed by atoms with E-state index in [1.807, 2.05) is 6.92 Å². The summed E-state index contributed by atoms with van der Waals surface area (Å²) in [5, 5.41) is 16.0. The number of rotatable bonds is 3. The van der Waals surface area contributed by atoms with Crippen molar-refractivity contribution in [1.82, 2.24) is 10.2 Å². The number of carbonyl (C=O) groups is 3. The van der Waals surface area contributed by atoms with Gasteiger partial charge in [-0.2, -0.15) is 0 Å². The summed E-state index contributed by atoms with van der Waals surface area (Å²) in [6.45, 7) is 5.15. The Bertz CT molecular complexity index is 857. The second-order valence-corrected chi connectivity index (χ2v) is 7.67. The van der Waals surface area contributed by atoms with Gasteiger partial charge in [0, 0.05) is 23.3 Å². The molecule has 1 aromatic carbocycles. The van der Waals surface area contributed by atoms with Gasteiger partial charge in [0.25, 0.3) is 0 Å². The Morgan fingerprint density at radius 2 is 1.96 bits per heavy atom. The molecule has 4 rings (SSSR count). The number of aliphatic hydroxyl groups excluding tert-OH is 1. The van der Waals surface area contributed by atoms with Crippen LogP contribution in [0.15, 0.2) is 18.2 Å². The minimum atomic E-state index is -1.57. The van der Waals surface area contributed by atoms with Crippen LogP contribution in [0.1, 0.15) is 32.8 Å². The number of benzene rings is 1. The van der Waals surface area contributed by atoms with Crippen molar-refractivity contribution in [2.24, 2.45) is 11.8 Å². The van der Waals surface area contributed by atoms with E-state index in [0.29, 0.717) is 17.7 Å². The largest absolute Gasteiger partial charge is 0.392 e. The summed E-state index contributed by atoms with van der Waals surface area (Å²) in [6, 6.07) is 2.77. The Morgan fingerprint density at radius 3 is 2.59 bits per heavy atom. The number of hydrogen-bond donors (Lipinski definition) is 3. The molecule has 0 aliphatic carbocycles. The minimum Gasteiger partial charge on any atom is -0.392 e. The monoisotopic (exact) mass is 375 g/mol. The van der Waals surface area contributed by atoms with Gasteiger partial charge in [-0.15, -0.1) is 0 Å². The van der Waals surface area contributed by atoms with Gasteiger partial charge in [0.1, 0.15) is 11.4 Å². The fourth-order valence-electron chi connectivity index (χ4n) is 4.76. The van der Waals surface area contributed by atoms with Crippen LogP contribution in [0.5, 0.6) is 0 Å². The van der Waals surface area contributed by atoms with Crippen molar-refractivity contribution in [3.63, 3.8) is 0 Å². The predicted octanol–water partition coefficient (Wildman–Crippen LogP) is 0.725. The van der Waals surface area contributed by atoms with E-state index < -0.39 is 53.1 Å². The van der Waals surface area contributed by atoms with E-state index in [-0.39, 0.29) is 6.04 Å². The summed E-state index contributed by atoms with van der Waals surface area (Å²) < 4.78 is 14.0. The number of halogens is 1. The number of nitrogens with zero attached hydrogens (tertiary/aromatic N) is 1. The third-order valence-corrected chi connectivity index (χ3v) is 6.20. The van der Waals surface area contributed by atoms with E-state index in [4.69, 9.17) is 0 Å². The first-order valence-electron chi connectivity index (χ1n) is 9.18. The second kappa shape index (κ2) is 5.84. The average molecular weight is 375 g/mol. The van der Waals surface area contributed by atoms with E-state index in [1.165, 1.54) is 30.0 Å². The summed E-state index contributed by atoms with van der Waals surface area (Å²) in [7, 11) is 0. The van der Waals surface area contributed by atoms with Crippen molar-refractivity contribution in [2.75, 3.05) is 5.32 Å². The molecule has 1 aromatic rings. The van der Waals surface area contributed by atoms with Crippen molar-refractivity contribution in [2.45, 2.75) is 50.9 Å². The van der Waals surface area contributed by atoms with Crippen LogP contribution in [0.2, 0.25) is 0 Å². The van der Waals surface area contributed by atoms with Crippen molar-refractivity contribution in [3.05, 3.63) is 29.6 Å². The molecule has 3 N–H and O–H groups in total. The third kappa shape index (κ3) is 2.17. The molecule has 3 heterocycles. The van der Waals surface area contributed by atoms with Gasteiger partial charge in [-0.05, 0) is 38.5 Å². The molecule has 2 fully saturated rings. The zero-order chi connectivity index (χ0) is 19.7. The van der Waals surface area contributed by atoms with E-state index in [9.17, 15) is 23.9 Å². The Morgan fingerprint density at radius 1 is 1.26 bits per heavy atom. The highest BCUT2D eigenvalue weighted by Crippen LogP contribution is 2.53. The standard InChI is InChI=1S/C19H22FN3O4/c1-4-8(2)23-16(25)13-14(17(23)26)19(22-15(13)9(3)24)11-7-10(20)5-6-12(11)21-18(19)27/h5-9,13-15,22,24H,4H2,1-3H3,(H,21,27)/t8?,9?,13-,14-,15?,19?/m0/s1. The highest BCUT2D eigenvalue weighted by molar-refractivity contribution is 6.15. The van der Waals surface area contributed by atoms with Gasteiger partial charge in [-0.1, -0.05) is 6.92 Å². The normalized spacial score (nSPS) is 34.0. The van der Waals surface area contributed by atoms with Gasteiger partial charge < -0.3 is 10.4 Å². The molecule has 4 unspecified atom stereocenters. The predicted molar refractivity (Wildman–Crippen MR) is 93.9 cm³/mol. The Hall–Kier alpha value is -2.32. The first-order valence-corrected chi connectivity index (χ1v) is 9.18. The van der Waals surface area contributed by atoms with Gasteiger partial charge in [0.05, 0.1) is 17.9 Å². The second-order valence-electron chi connectivity index (χ2n) is 7.67. The number of aliphatic hydroxyl groups is 1. The number of fused-ring (bicyclic) bond motifs is 4. The van der Waals surface area contributed by atoms with Crippen LogP contribution in [0, 0.1) is 17.7 Å². The molecule has 1 spiro atoms. The number of amides is 3. The lowest BCUT2D eigenvalue weighted by Crippen LogP contribution is -2.55. The summed E-state index contributed by atoms with van der Waals surface area (Å²) in [6.07, 6.45) is -0.399. The van der Waals surface area contributed by atoms with Crippen molar-refractivity contribution in [3.8, 4) is 0 Å². The Labute approximate surface area is 155 Å². The zero-order valence-electron chi connectivity index (χ0n) is 15.3. The lowest BCUT2D eigenvalue weighted by Gasteiger charge is -2.31. The van der Waals surface area contributed by atoms with Gasteiger partial charge in [-0.3, -0.25) is 24.6 Å². The Balaban J connectivity index is 1.92. The fourth-order valence-corrected chi connectivity index (χ4v) is 4.76. The fraction of sp³-hybridized carbons (Fsp3) is 0.526. The van der Waals surface area contributed by atoms with Crippen LogP contribution in [-0.2, 0) is 19.9 Å². The van der Waals surface area contributed by atoms with Crippen molar-refractivity contribution >= 4 is 23.4 Å². The smallest absolute Gasteiger partial charge is 0.250 e. The maximum atomic E-state index is 14.0. The lowest BCUT2D eigenvalue weighted by molar-refractivity contribution is -0.145. The van der Waals surface area contributed by atoms with E-state index >= 15 is 0 Å². The van der Waals surface area contributed by atoms with Gasteiger partial charge in [0.15, 0.2) is 0 Å². The summed E-state index contributed by atoms with van der Waals surface area (Å²) in [5.41, 5.74) is -0.863. The first kappa shape index (κ1) is 18.1. The molecule has 144 valence electrons. The lowest BCUT2D eigenvalue weighted by atomic mass is 9.76. The molecule has 3 amide bonds. The summed E-state index contributed by atoms with van der Waals surface area (Å²) in [5.74, 6) is -3.81. The van der Waals surface area contributed by atoms with Gasteiger partial charge >= 0.3 is 0 Å². The minimum absolute atomic E-state index is 0.304. The number of anilines is 1. The maximum Gasteiger partial charge on any atom is 0.250 e. The molecule has 2 saturated heterocycles. The van der Waals surface area contributed by atoms with Crippen LogP contribution < -0.4 is 10.6 Å².